The van der Waals surface area contributed by atoms with Crippen molar-refractivity contribution < 1.29 is 38.4 Å². The van der Waals surface area contributed by atoms with Crippen LogP contribution in [-0.2, 0) is 30.3 Å². The van der Waals surface area contributed by atoms with Gasteiger partial charge in [-0.25, -0.2) is 9.59 Å². The standard InChI is InChI=1S/C30H34O8/c1-5-25-19-24(12-15-27(25)36-16-6-7-17-37-29(33)22(3)20-31)9-8-23-10-13-26(14-11-23)38-30(34)21(2)18-28(32)35-4/h8-15,19,31H,2-3,5-7,16-18,20H2,1,4H3/b9-8+. The summed E-state index contributed by atoms with van der Waals surface area (Å²) in [6.07, 6.45) is 5.88. The number of rotatable bonds is 15. The summed E-state index contributed by atoms with van der Waals surface area (Å²) >= 11 is 0. The van der Waals surface area contributed by atoms with Crippen LogP contribution in [0, 0.1) is 0 Å². The molecule has 1 N–H and O–H groups in total. The summed E-state index contributed by atoms with van der Waals surface area (Å²) in [5, 5.41) is 8.86. The second kappa shape index (κ2) is 15.8. The molecule has 0 atom stereocenters. The molecular weight excluding hydrogens is 488 g/mol. The molecule has 8 heteroatoms. The third kappa shape index (κ3) is 10.1. The first-order chi connectivity index (χ1) is 18.3. The average molecular weight is 523 g/mol. The number of carbonyl (C=O) groups excluding carboxylic acids is 3. The van der Waals surface area contributed by atoms with Crippen LogP contribution in [0.5, 0.6) is 11.5 Å². The zero-order chi connectivity index (χ0) is 27.9. The van der Waals surface area contributed by atoms with Crippen molar-refractivity contribution in [1.82, 2.24) is 0 Å². The zero-order valence-corrected chi connectivity index (χ0v) is 21.9. The highest BCUT2D eigenvalue weighted by Crippen LogP contribution is 2.23. The molecule has 0 spiro atoms. The van der Waals surface area contributed by atoms with E-state index in [-0.39, 0.29) is 24.2 Å². The Bertz CT molecular complexity index is 1160. The van der Waals surface area contributed by atoms with Crippen LogP contribution in [0.4, 0.5) is 0 Å². The van der Waals surface area contributed by atoms with Crippen molar-refractivity contribution in [2.45, 2.75) is 32.6 Å². The first-order valence-corrected chi connectivity index (χ1v) is 12.2. The summed E-state index contributed by atoms with van der Waals surface area (Å²) in [6, 6.07) is 12.9. The summed E-state index contributed by atoms with van der Waals surface area (Å²) in [6.45, 7) is 9.38. The van der Waals surface area contributed by atoms with Gasteiger partial charge in [-0.2, -0.15) is 0 Å². The summed E-state index contributed by atoms with van der Waals surface area (Å²) in [4.78, 5) is 34.8. The van der Waals surface area contributed by atoms with Gasteiger partial charge in [-0.1, -0.05) is 50.4 Å². The van der Waals surface area contributed by atoms with Crippen molar-refractivity contribution in [2.24, 2.45) is 0 Å². The number of methoxy groups -OCH3 is 1. The van der Waals surface area contributed by atoms with E-state index in [2.05, 4.69) is 30.9 Å². The highest BCUT2D eigenvalue weighted by molar-refractivity contribution is 5.94. The van der Waals surface area contributed by atoms with Crippen molar-refractivity contribution in [3.05, 3.63) is 83.5 Å². The summed E-state index contributed by atoms with van der Waals surface area (Å²) < 4.78 is 20.7. The number of ether oxygens (including phenoxy) is 4. The van der Waals surface area contributed by atoms with Gasteiger partial charge in [0.05, 0.1) is 38.9 Å². The maximum absolute atomic E-state index is 12.0. The first-order valence-electron chi connectivity index (χ1n) is 12.2. The SMILES string of the molecule is C=C(CO)C(=O)OCCCCOc1ccc(/C=C/c2ccc(OC(=O)C(=C)CC(=O)OC)cc2)cc1CC. The van der Waals surface area contributed by atoms with E-state index in [4.69, 9.17) is 19.3 Å². The van der Waals surface area contributed by atoms with Gasteiger partial charge < -0.3 is 24.1 Å². The Morgan fingerprint density at radius 2 is 1.55 bits per heavy atom. The van der Waals surface area contributed by atoms with Gasteiger partial charge >= 0.3 is 17.9 Å². The Balaban J connectivity index is 1.85. The predicted molar refractivity (Wildman–Crippen MR) is 145 cm³/mol. The van der Waals surface area contributed by atoms with Gasteiger partial charge in [0.25, 0.3) is 0 Å². The summed E-state index contributed by atoms with van der Waals surface area (Å²) in [5.74, 6) is -0.651. The Morgan fingerprint density at radius 1 is 0.895 bits per heavy atom. The van der Waals surface area contributed by atoms with E-state index < -0.39 is 24.5 Å². The van der Waals surface area contributed by atoms with Crippen LogP contribution in [0.15, 0.2) is 66.8 Å². The van der Waals surface area contributed by atoms with Gasteiger partial charge in [-0.15, -0.1) is 0 Å². The quantitative estimate of drug-likeness (QED) is 0.118. The summed E-state index contributed by atoms with van der Waals surface area (Å²) in [7, 11) is 1.24. The zero-order valence-electron chi connectivity index (χ0n) is 21.9. The molecule has 0 unspecified atom stereocenters. The molecule has 8 nitrogen and oxygen atoms in total. The van der Waals surface area contributed by atoms with Gasteiger partial charge in [0.1, 0.15) is 11.5 Å². The van der Waals surface area contributed by atoms with Crippen LogP contribution in [0.2, 0.25) is 0 Å². The van der Waals surface area contributed by atoms with E-state index in [9.17, 15) is 14.4 Å². The normalized spacial score (nSPS) is 10.6. The second-order valence-corrected chi connectivity index (χ2v) is 8.32. The number of hydrogen-bond donors (Lipinski definition) is 1. The summed E-state index contributed by atoms with van der Waals surface area (Å²) in [5.41, 5.74) is 3.07. The van der Waals surface area contributed by atoms with Crippen LogP contribution in [0.1, 0.15) is 42.9 Å². The van der Waals surface area contributed by atoms with Crippen molar-refractivity contribution in [1.29, 1.82) is 0 Å². The lowest BCUT2D eigenvalue weighted by atomic mass is 10.1. The number of aliphatic hydroxyl groups is 1. The smallest absolute Gasteiger partial charge is 0.339 e. The van der Waals surface area contributed by atoms with E-state index >= 15 is 0 Å². The van der Waals surface area contributed by atoms with Crippen LogP contribution >= 0.6 is 0 Å². The predicted octanol–water partition coefficient (Wildman–Crippen LogP) is 4.69. The lowest BCUT2D eigenvalue weighted by Crippen LogP contribution is -2.14. The number of unbranched alkanes of at least 4 members (excludes halogenated alkanes) is 1. The molecule has 0 saturated heterocycles. The molecule has 2 aromatic rings. The van der Waals surface area contributed by atoms with Crippen molar-refractivity contribution >= 4 is 30.1 Å². The number of aryl methyl sites for hydroxylation is 1. The number of hydrogen-bond acceptors (Lipinski definition) is 8. The number of aliphatic hydroxyl groups excluding tert-OH is 1. The minimum absolute atomic E-state index is 0.0198. The highest BCUT2D eigenvalue weighted by atomic mass is 16.5. The number of benzene rings is 2. The van der Waals surface area contributed by atoms with E-state index in [0.29, 0.717) is 25.2 Å². The molecule has 0 aliphatic heterocycles. The molecule has 0 aliphatic rings. The Hall–Kier alpha value is -4.17. The average Bonchev–Trinajstić information content (AvgIpc) is 2.93. The fourth-order valence-corrected chi connectivity index (χ4v) is 3.18. The molecule has 0 amide bonds. The fraction of sp³-hybridized carbons (Fsp3) is 0.300. The first kappa shape index (κ1) is 30.1. The minimum Gasteiger partial charge on any atom is -0.493 e. The minimum atomic E-state index is -0.680. The molecule has 38 heavy (non-hydrogen) atoms. The maximum atomic E-state index is 12.0. The van der Waals surface area contributed by atoms with E-state index in [1.54, 1.807) is 12.1 Å². The number of esters is 3. The van der Waals surface area contributed by atoms with Crippen molar-refractivity contribution in [2.75, 3.05) is 26.9 Å². The molecule has 0 saturated carbocycles. The lowest BCUT2D eigenvalue weighted by Gasteiger charge is -2.11. The van der Waals surface area contributed by atoms with Crippen LogP contribution in [0.25, 0.3) is 12.2 Å². The van der Waals surface area contributed by atoms with E-state index in [1.807, 2.05) is 36.4 Å². The van der Waals surface area contributed by atoms with E-state index in [1.165, 1.54) is 7.11 Å². The largest absolute Gasteiger partial charge is 0.493 e. The fourth-order valence-electron chi connectivity index (χ4n) is 3.18. The van der Waals surface area contributed by atoms with Crippen LogP contribution in [0.3, 0.4) is 0 Å². The van der Waals surface area contributed by atoms with Crippen LogP contribution < -0.4 is 9.47 Å². The van der Waals surface area contributed by atoms with Gasteiger partial charge in [0.2, 0.25) is 0 Å². The van der Waals surface area contributed by atoms with Gasteiger partial charge in [0.15, 0.2) is 0 Å². The Kier molecular flexibility index (Phi) is 12.5. The Morgan fingerprint density at radius 3 is 2.21 bits per heavy atom. The molecule has 0 fully saturated rings. The molecule has 0 aliphatic carbocycles. The monoisotopic (exact) mass is 522 g/mol. The maximum Gasteiger partial charge on any atom is 0.339 e. The molecule has 202 valence electrons. The molecule has 0 bridgehead atoms. The van der Waals surface area contributed by atoms with Crippen LogP contribution in [-0.4, -0.2) is 49.9 Å². The van der Waals surface area contributed by atoms with Gasteiger partial charge in [-0.3, -0.25) is 4.79 Å². The van der Waals surface area contributed by atoms with E-state index in [0.717, 1.165) is 28.9 Å². The third-order valence-corrected chi connectivity index (χ3v) is 5.41. The third-order valence-electron chi connectivity index (χ3n) is 5.41. The Labute approximate surface area is 223 Å². The molecule has 0 radical (unpaired) electrons. The number of carbonyl (C=O) groups is 3. The van der Waals surface area contributed by atoms with Gasteiger partial charge in [0, 0.05) is 5.57 Å². The molecule has 0 aromatic heterocycles. The topological polar surface area (TPSA) is 108 Å². The molecule has 2 aromatic carbocycles. The van der Waals surface area contributed by atoms with Crippen molar-refractivity contribution in [3.8, 4) is 11.5 Å². The molecule has 2 rings (SSSR count). The molecular formula is C30H34O8. The molecule has 0 heterocycles. The lowest BCUT2D eigenvalue weighted by molar-refractivity contribution is -0.141. The second-order valence-electron chi connectivity index (χ2n) is 8.32. The highest BCUT2D eigenvalue weighted by Gasteiger charge is 2.14. The van der Waals surface area contributed by atoms with Gasteiger partial charge in [-0.05, 0) is 60.2 Å². The van der Waals surface area contributed by atoms with Crippen molar-refractivity contribution in [3.63, 3.8) is 0 Å².